The molecule has 0 saturated carbocycles. The molecule has 0 aromatic heterocycles. The summed E-state index contributed by atoms with van der Waals surface area (Å²) in [6, 6.07) is 46.2. The van der Waals surface area contributed by atoms with E-state index in [2.05, 4.69) is 188 Å². The molecule has 7 aromatic rings. The van der Waals surface area contributed by atoms with E-state index in [1.165, 1.54) is 119 Å². The molecule has 0 heterocycles. The predicted octanol–water partition coefficient (Wildman–Crippen LogP) is 17.0. The number of methoxy groups -OCH3 is 2. The first kappa shape index (κ1) is 66.4. The topological polar surface area (TPSA) is 148 Å². The van der Waals surface area contributed by atoms with Crippen molar-refractivity contribution in [3.8, 4) is 22.3 Å². The van der Waals surface area contributed by atoms with Crippen LogP contribution in [-0.4, -0.2) is 49.2 Å². The minimum atomic E-state index is -1.37. The predicted molar refractivity (Wildman–Crippen MR) is 379 cm³/mol. The van der Waals surface area contributed by atoms with Gasteiger partial charge in [0.2, 0.25) is 0 Å². The van der Waals surface area contributed by atoms with E-state index in [9.17, 15) is 24.4 Å². The Morgan fingerprint density at radius 1 is 0.440 bits per heavy atom. The molecule has 7 aromatic carbocycles. The van der Waals surface area contributed by atoms with Crippen molar-refractivity contribution in [2.24, 2.45) is 0 Å². The number of fused-ring (bicyclic) bond motifs is 6. The number of carbonyl (C=O) groups is 3. The molecule has 5 N–H and O–H groups in total. The number of hydrogen-bond acceptors (Lipinski definition) is 8. The molecule has 0 unspecified atom stereocenters. The summed E-state index contributed by atoms with van der Waals surface area (Å²) in [4.78, 5) is 36.0. The number of ether oxygens (including phenoxy) is 2. The van der Waals surface area contributed by atoms with E-state index in [-0.39, 0.29) is 50.3 Å². The molecule has 91 heavy (non-hydrogen) atoms. The third-order valence-electron chi connectivity index (χ3n) is 20.5. The van der Waals surface area contributed by atoms with Crippen LogP contribution in [0.25, 0.3) is 40.5 Å². The highest BCUT2D eigenvalue weighted by molar-refractivity contribution is 9.10. The molecule has 0 aliphatic heterocycles. The van der Waals surface area contributed by atoms with Gasteiger partial charge in [0.25, 0.3) is 5.91 Å². The second-order valence-electron chi connectivity index (χ2n) is 29.7. The second-order valence-corrected chi connectivity index (χ2v) is 30.7. The highest BCUT2D eigenvalue weighted by atomic mass is 79.9. The van der Waals surface area contributed by atoms with Gasteiger partial charge in [0.1, 0.15) is 0 Å². The van der Waals surface area contributed by atoms with Gasteiger partial charge in [-0.15, -0.1) is 0 Å². The lowest BCUT2D eigenvalue weighted by atomic mass is 9.61. The summed E-state index contributed by atoms with van der Waals surface area (Å²) in [5.74, 6) is -0.564. The van der Waals surface area contributed by atoms with Gasteiger partial charge in [-0.05, 0) is 220 Å². The maximum Gasteiger partial charge on any atom is 0.488 e. The lowest BCUT2D eigenvalue weighted by molar-refractivity contribution is -0.136. The average Bonchev–Trinajstić information content (AvgIpc) is 1.51. The summed E-state index contributed by atoms with van der Waals surface area (Å²) in [5, 5.41) is 21.5. The number of carbonyl (C=O) groups excluding carboxylic acids is 3. The number of nitrogens with two attached hydrogens (primary N) is 1. The first-order valence-electron chi connectivity index (χ1n) is 32.1. The third kappa shape index (κ3) is 14.1. The molecule has 1 amide bonds. The summed E-state index contributed by atoms with van der Waals surface area (Å²) in [6.45, 7) is 27.9. The summed E-state index contributed by atoms with van der Waals surface area (Å²) in [5.41, 5.74) is 31.5. The number of halogens is 1. The summed E-state index contributed by atoms with van der Waals surface area (Å²) in [7, 11) is 1.47. The Morgan fingerprint density at radius 2 is 0.791 bits per heavy atom. The molecule has 472 valence electrons. The van der Waals surface area contributed by atoms with Crippen LogP contribution in [0.15, 0.2) is 155 Å². The Labute approximate surface area is 549 Å². The lowest BCUT2D eigenvalue weighted by Crippen LogP contribution is -2.37. The number of hydrogen-bond donors (Lipinski definition) is 4. The normalized spacial score (nSPS) is 18.0. The summed E-state index contributed by atoms with van der Waals surface area (Å²) in [6.07, 6.45) is 15.0. The second kappa shape index (κ2) is 25.5. The van der Waals surface area contributed by atoms with E-state index in [1.54, 1.807) is 6.07 Å². The number of benzene rings is 7. The highest BCUT2D eigenvalue weighted by Gasteiger charge is 2.40. The van der Waals surface area contributed by atoms with Crippen molar-refractivity contribution in [1.82, 2.24) is 0 Å². The number of rotatable bonds is 7. The van der Waals surface area contributed by atoms with E-state index in [0.29, 0.717) is 36.1 Å². The van der Waals surface area contributed by atoms with Gasteiger partial charge >= 0.3 is 19.1 Å². The number of amides is 1. The largest absolute Gasteiger partial charge is 0.488 e. The van der Waals surface area contributed by atoms with Crippen LogP contribution < -0.4 is 16.5 Å². The molecule has 13 rings (SSSR count). The average molecular weight is 1280 g/mol. The molecule has 9 nitrogen and oxygen atoms in total. The fourth-order valence-corrected chi connectivity index (χ4v) is 14.5. The fraction of sp³-hybridized carbons (Fsp3) is 0.362. The number of esters is 2. The number of nitrogen functional groups attached to an aromatic ring is 1. The van der Waals surface area contributed by atoms with Gasteiger partial charge in [-0.3, -0.25) is 4.79 Å². The fourth-order valence-electron chi connectivity index (χ4n) is 14.1. The Balaban J connectivity index is 0.000000140. The number of para-hydroxylation sites is 2. The molecule has 0 fully saturated rings. The Morgan fingerprint density at radius 3 is 1.22 bits per heavy atom. The highest BCUT2D eigenvalue weighted by Crippen LogP contribution is 2.50. The van der Waals surface area contributed by atoms with Crippen molar-refractivity contribution < 1.29 is 33.9 Å². The van der Waals surface area contributed by atoms with E-state index in [0.717, 1.165) is 44.3 Å². The first-order valence-corrected chi connectivity index (χ1v) is 32.9. The van der Waals surface area contributed by atoms with Crippen molar-refractivity contribution in [2.75, 3.05) is 25.3 Å². The Hall–Kier alpha value is -7.57. The van der Waals surface area contributed by atoms with Crippen LogP contribution in [-0.2, 0) is 75.6 Å². The van der Waals surface area contributed by atoms with Gasteiger partial charge in [-0.2, -0.15) is 0 Å². The molecule has 11 heteroatoms. The zero-order valence-electron chi connectivity index (χ0n) is 55.8. The third-order valence-corrected chi connectivity index (χ3v) is 21.0. The maximum atomic E-state index is 12.8. The zero-order valence-corrected chi connectivity index (χ0v) is 57.4. The van der Waals surface area contributed by atoms with E-state index >= 15 is 0 Å². The minimum Gasteiger partial charge on any atom is -0.466 e. The van der Waals surface area contributed by atoms with Gasteiger partial charge in [0.15, 0.2) is 0 Å². The molecular formula is C80H90BBrN2O7. The van der Waals surface area contributed by atoms with Crippen molar-refractivity contribution in [3.63, 3.8) is 0 Å². The first-order chi connectivity index (χ1) is 42.8. The van der Waals surface area contributed by atoms with Crippen molar-refractivity contribution in [1.29, 1.82) is 0 Å². The standard InChI is InChI=1S/C30H32N2O.C25H28O2.C14H21BO2.C11H9BrO2/c1-29(2)13-14-30(3,4)25-18-21(11-12-24(25)29)19-9-10-20-16-23(17-22(20)15-19)28(33)32-27-8-6-5-7-26(27)31;1-24(2)10-11-25(3,4)22-15-18(8-9-21(22)24)16-6-7-17-13-20(23(26)27-5)14-19(17)12-16;1-13(2)7-8-14(3,4)12-9-10(15(16)17)5-6-11(12)13;1-14-11(13)9-4-7-2-3-10(12)6-8(7)5-9/h5-12,15,17-18H,13-14,16,31H2,1-4H3,(H,32,33);6-9,12,14-15H,10-11,13H2,1-5H3;5-6,9,16-17H,7-8H2,1-4H3;2-3,5-6H,4H2,1H3. The van der Waals surface area contributed by atoms with E-state index in [4.69, 9.17) is 10.5 Å². The van der Waals surface area contributed by atoms with Crippen LogP contribution in [0.4, 0.5) is 11.4 Å². The Bertz CT molecular complexity index is 4120. The SMILES string of the molecule is CC1(C)CCC(C)(C)c2cc(-c3ccc4c(c3)C=C(C(=O)Nc3ccccc3N)C4)ccc21.CC1(C)CCC(C)(C)c2cc(B(O)O)ccc21.COC(=O)C1=Cc2cc(-c3ccc4c(c3)C(C)(C)CCC4(C)C)ccc2C1.COC(=O)C1=Cc2cc(Br)ccc2C1. The van der Waals surface area contributed by atoms with Gasteiger partial charge in [0.05, 0.1) is 25.6 Å². The molecular weight excluding hydrogens is 1190 g/mol. The lowest BCUT2D eigenvalue weighted by Gasteiger charge is -2.42. The summed E-state index contributed by atoms with van der Waals surface area (Å²) >= 11 is 3.39. The quantitative estimate of drug-likeness (QED) is 0.0701. The van der Waals surface area contributed by atoms with Crippen LogP contribution in [0.3, 0.4) is 0 Å². The van der Waals surface area contributed by atoms with Gasteiger partial charge < -0.3 is 30.6 Å². The van der Waals surface area contributed by atoms with Crippen LogP contribution >= 0.6 is 15.9 Å². The smallest absolute Gasteiger partial charge is 0.466 e. The van der Waals surface area contributed by atoms with Crippen LogP contribution in [0, 0.1) is 0 Å². The van der Waals surface area contributed by atoms with Crippen molar-refractivity contribution >= 4 is 76.0 Å². The molecule has 0 spiro atoms. The summed E-state index contributed by atoms with van der Waals surface area (Å²) < 4.78 is 10.6. The van der Waals surface area contributed by atoms with Gasteiger partial charge in [-0.1, -0.05) is 196 Å². The zero-order chi connectivity index (χ0) is 65.8. The van der Waals surface area contributed by atoms with E-state index < -0.39 is 7.12 Å². The monoisotopic (exact) mass is 1280 g/mol. The van der Waals surface area contributed by atoms with Gasteiger partial charge in [0, 0.05) is 40.5 Å². The number of anilines is 2. The molecule has 6 aliphatic carbocycles. The van der Waals surface area contributed by atoms with E-state index in [1.807, 2.05) is 66.8 Å². The number of nitrogens with one attached hydrogen (secondary N) is 1. The van der Waals surface area contributed by atoms with Crippen LogP contribution in [0.5, 0.6) is 0 Å². The minimum absolute atomic E-state index is 0.0941. The van der Waals surface area contributed by atoms with Crippen molar-refractivity contribution in [3.05, 3.63) is 221 Å². The molecule has 0 radical (unpaired) electrons. The molecule has 0 bridgehead atoms. The van der Waals surface area contributed by atoms with Crippen LogP contribution in [0.1, 0.15) is 188 Å². The van der Waals surface area contributed by atoms with Crippen molar-refractivity contribution in [2.45, 2.75) is 173 Å². The van der Waals surface area contributed by atoms with Crippen LogP contribution in [0.2, 0.25) is 0 Å². The molecule has 6 aliphatic rings. The molecule has 0 saturated heterocycles. The Kier molecular flexibility index (Phi) is 18.6. The molecule has 0 atom stereocenters. The van der Waals surface area contributed by atoms with Gasteiger partial charge in [-0.25, -0.2) is 9.59 Å². The maximum absolute atomic E-state index is 12.8.